The molecule has 0 aliphatic rings. The molecular weight excluding hydrogens is 187 g/mol. The molecule has 1 aromatic rings. The van der Waals surface area contributed by atoms with Gasteiger partial charge < -0.3 is 0 Å². The molecule has 0 fully saturated rings. The smallest absolute Gasteiger partial charge is 0 e. The fourth-order valence-corrected chi connectivity index (χ4v) is 0.534. The van der Waals surface area contributed by atoms with Crippen molar-refractivity contribution in [3.63, 3.8) is 0 Å². The standard InChI is InChI=1S/C7H8.Rh/c1-7-5-3-2-4-6-7;/h2-6H,1H3;. The van der Waals surface area contributed by atoms with Crippen molar-refractivity contribution in [2.75, 3.05) is 0 Å². The minimum Gasteiger partial charge on any atom is -0.0622 e. The van der Waals surface area contributed by atoms with Crippen LogP contribution in [0.5, 0.6) is 0 Å². The third-order valence-electron chi connectivity index (χ3n) is 0.940. The van der Waals surface area contributed by atoms with Crippen LogP contribution in [0.15, 0.2) is 30.3 Å². The van der Waals surface area contributed by atoms with Crippen molar-refractivity contribution in [3.8, 4) is 0 Å². The summed E-state index contributed by atoms with van der Waals surface area (Å²) in [7, 11) is 0. The zero-order chi connectivity index (χ0) is 5.11. The molecule has 1 aromatic carbocycles. The quantitative estimate of drug-likeness (QED) is 0.555. The SMILES string of the molecule is Cc1ccccc1.[Rh]. The molecule has 0 bridgehead atoms. The summed E-state index contributed by atoms with van der Waals surface area (Å²) < 4.78 is 0. The zero-order valence-corrected chi connectivity index (χ0v) is 6.36. The van der Waals surface area contributed by atoms with Crippen LogP contribution < -0.4 is 0 Å². The first-order chi connectivity index (χ1) is 3.39. The van der Waals surface area contributed by atoms with Crippen LogP contribution in [-0.4, -0.2) is 0 Å². The van der Waals surface area contributed by atoms with Crippen molar-refractivity contribution < 1.29 is 19.5 Å². The van der Waals surface area contributed by atoms with Gasteiger partial charge in [0.1, 0.15) is 0 Å². The molecule has 45 valence electrons. The van der Waals surface area contributed by atoms with Gasteiger partial charge in [-0.3, -0.25) is 0 Å². The van der Waals surface area contributed by atoms with E-state index in [0.29, 0.717) is 0 Å². The number of rotatable bonds is 0. The molecular formula is C7H8Rh. The van der Waals surface area contributed by atoms with E-state index in [2.05, 4.69) is 19.1 Å². The van der Waals surface area contributed by atoms with E-state index >= 15 is 0 Å². The van der Waals surface area contributed by atoms with Crippen LogP contribution in [0, 0.1) is 6.92 Å². The monoisotopic (exact) mass is 195 g/mol. The van der Waals surface area contributed by atoms with Crippen molar-refractivity contribution >= 4 is 0 Å². The maximum atomic E-state index is 2.08. The van der Waals surface area contributed by atoms with Crippen LogP contribution in [0.1, 0.15) is 5.56 Å². The molecule has 1 radical (unpaired) electrons. The van der Waals surface area contributed by atoms with Crippen molar-refractivity contribution in [1.29, 1.82) is 0 Å². The number of hydrogen-bond donors (Lipinski definition) is 0. The van der Waals surface area contributed by atoms with Gasteiger partial charge in [-0.05, 0) is 6.92 Å². The molecule has 0 aliphatic carbocycles. The summed E-state index contributed by atoms with van der Waals surface area (Å²) >= 11 is 0. The van der Waals surface area contributed by atoms with Crippen LogP contribution >= 0.6 is 0 Å². The Morgan fingerprint density at radius 2 is 1.50 bits per heavy atom. The van der Waals surface area contributed by atoms with Gasteiger partial charge in [-0.15, -0.1) is 0 Å². The molecule has 0 spiro atoms. The Balaban J connectivity index is 0.000000490. The van der Waals surface area contributed by atoms with E-state index in [1.165, 1.54) is 5.56 Å². The Morgan fingerprint density at radius 3 is 1.75 bits per heavy atom. The molecule has 0 saturated carbocycles. The second-order valence-electron chi connectivity index (χ2n) is 1.65. The first-order valence-corrected chi connectivity index (χ1v) is 2.41. The minimum absolute atomic E-state index is 0. The number of aryl methyl sites for hydroxylation is 1. The van der Waals surface area contributed by atoms with Crippen molar-refractivity contribution in [2.45, 2.75) is 6.92 Å². The van der Waals surface area contributed by atoms with Gasteiger partial charge in [0, 0.05) is 19.5 Å². The first kappa shape index (κ1) is 7.84. The summed E-state index contributed by atoms with van der Waals surface area (Å²) in [4.78, 5) is 0. The molecule has 8 heavy (non-hydrogen) atoms. The summed E-state index contributed by atoms with van der Waals surface area (Å²) in [5.74, 6) is 0. The molecule has 0 atom stereocenters. The third-order valence-corrected chi connectivity index (χ3v) is 0.940. The van der Waals surface area contributed by atoms with Crippen LogP contribution in [0.3, 0.4) is 0 Å². The average Bonchev–Trinajstić information content (AvgIpc) is 1.69. The number of benzene rings is 1. The summed E-state index contributed by atoms with van der Waals surface area (Å²) in [6, 6.07) is 10.3. The molecule has 0 unspecified atom stereocenters. The predicted octanol–water partition coefficient (Wildman–Crippen LogP) is 1.99. The van der Waals surface area contributed by atoms with E-state index < -0.39 is 0 Å². The Kier molecular flexibility index (Phi) is 3.72. The molecule has 0 nitrogen and oxygen atoms in total. The zero-order valence-electron chi connectivity index (χ0n) is 4.72. The summed E-state index contributed by atoms with van der Waals surface area (Å²) in [6.07, 6.45) is 0. The minimum atomic E-state index is 0. The number of hydrogen-bond acceptors (Lipinski definition) is 0. The molecule has 0 aliphatic heterocycles. The predicted molar refractivity (Wildman–Crippen MR) is 31.2 cm³/mol. The molecule has 0 saturated heterocycles. The Morgan fingerprint density at radius 1 is 1.00 bits per heavy atom. The van der Waals surface area contributed by atoms with Gasteiger partial charge in [0.05, 0.1) is 0 Å². The Bertz CT molecular complexity index is 134. The first-order valence-electron chi connectivity index (χ1n) is 2.41. The normalized spacial score (nSPS) is 7.62. The van der Waals surface area contributed by atoms with Crippen molar-refractivity contribution in [1.82, 2.24) is 0 Å². The molecule has 1 rings (SSSR count). The van der Waals surface area contributed by atoms with E-state index in [0.717, 1.165) is 0 Å². The van der Waals surface area contributed by atoms with Gasteiger partial charge in [0.15, 0.2) is 0 Å². The summed E-state index contributed by atoms with van der Waals surface area (Å²) in [5, 5.41) is 0. The van der Waals surface area contributed by atoms with Crippen molar-refractivity contribution in [3.05, 3.63) is 35.9 Å². The second kappa shape index (κ2) is 3.80. The Hall–Kier alpha value is -0.157. The van der Waals surface area contributed by atoms with Gasteiger partial charge in [-0.25, -0.2) is 0 Å². The topological polar surface area (TPSA) is 0 Å². The van der Waals surface area contributed by atoms with Crippen LogP contribution in [-0.2, 0) is 19.5 Å². The molecule has 1 heteroatoms. The van der Waals surface area contributed by atoms with Crippen LogP contribution in [0.25, 0.3) is 0 Å². The molecule has 0 N–H and O–H groups in total. The van der Waals surface area contributed by atoms with Gasteiger partial charge in [0.2, 0.25) is 0 Å². The fourth-order valence-electron chi connectivity index (χ4n) is 0.534. The average molecular weight is 195 g/mol. The van der Waals surface area contributed by atoms with E-state index in [9.17, 15) is 0 Å². The van der Waals surface area contributed by atoms with Gasteiger partial charge in [-0.1, -0.05) is 35.9 Å². The molecule has 0 aromatic heterocycles. The summed E-state index contributed by atoms with van der Waals surface area (Å²) in [5.41, 5.74) is 1.32. The van der Waals surface area contributed by atoms with Crippen LogP contribution in [0.2, 0.25) is 0 Å². The van der Waals surface area contributed by atoms with Gasteiger partial charge >= 0.3 is 0 Å². The maximum Gasteiger partial charge on any atom is 0 e. The maximum absolute atomic E-state index is 2.08. The van der Waals surface area contributed by atoms with Crippen LogP contribution in [0.4, 0.5) is 0 Å². The van der Waals surface area contributed by atoms with E-state index in [4.69, 9.17) is 0 Å². The van der Waals surface area contributed by atoms with E-state index in [1.807, 2.05) is 18.2 Å². The van der Waals surface area contributed by atoms with Gasteiger partial charge in [-0.2, -0.15) is 0 Å². The molecule has 0 heterocycles. The molecule has 0 amide bonds. The summed E-state index contributed by atoms with van der Waals surface area (Å²) in [6.45, 7) is 2.08. The third kappa shape index (κ3) is 2.23. The van der Waals surface area contributed by atoms with Gasteiger partial charge in [0.25, 0.3) is 0 Å². The van der Waals surface area contributed by atoms with E-state index in [-0.39, 0.29) is 19.5 Å². The van der Waals surface area contributed by atoms with E-state index in [1.54, 1.807) is 0 Å². The largest absolute Gasteiger partial charge is 0.0622 e. The Labute approximate surface area is 62.7 Å². The van der Waals surface area contributed by atoms with Crippen molar-refractivity contribution in [2.24, 2.45) is 0 Å². The second-order valence-corrected chi connectivity index (χ2v) is 1.65. The fraction of sp³-hybridized carbons (Fsp3) is 0.143.